The molecule has 3 N–H and O–H groups in total. The number of para-hydroxylation sites is 2. The van der Waals surface area contributed by atoms with Crippen LogP contribution in [0, 0.1) is 5.82 Å². The maximum atomic E-state index is 13.6. The first-order chi connectivity index (χ1) is 16.5. The first kappa shape index (κ1) is 21.8. The Bertz CT molecular complexity index is 1260. The summed E-state index contributed by atoms with van der Waals surface area (Å²) in [5.74, 6) is 0.0641. The van der Waals surface area contributed by atoms with Crippen molar-refractivity contribution in [2.24, 2.45) is 0 Å². The lowest BCUT2D eigenvalue weighted by molar-refractivity contribution is -0.116. The summed E-state index contributed by atoms with van der Waals surface area (Å²) in [5, 5.41) is 17.4. The second kappa shape index (κ2) is 8.74. The van der Waals surface area contributed by atoms with Crippen molar-refractivity contribution in [2.75, 3.05) is 24.9 Å². The van der Waals surface area contributed by atoms with Crippen molar-refractivity contribution in [1.82, 2.24) is 0 Å². The van der Waals surface area contributed by atoms with Gasteiger partial charge in [-0.1, -0.05) is 24.3 Å². The van der Waals surface area contributed by atoms with Gasteiger partial charge in [0.25, 0.3) is 0 Å². The quantitative estimate of drug-likeness (QED) is 0.475. The molecule has 0 radical (unpaired) electrons. The summed E-state index contributed by atoms with van der Waals surface area (Å²) >= 11 is 0. The van der Waals surface area contributed by atoms with Gasteiger partial charge in [0, 0.05) is 17.7 Å². The number of hydrogen-bond donors (Lipinski definition) is 3. The van der Waals surface area contributed by atoms with E-state index in [2.05, 4.69) is 10.6 Å². The Kier molecular flexibility index (Phi) is 5.61. The molecule has 0 amide bonds. The number of methoxy groups -OCH3 is 2. The molecule has 0 spiro atoms. The van der Waals surface area contributed by atoms with Gasteiger partial charge in [-0.25, -0.2) is 4.39 Å². The number of carbonyl (C=O) groups excluding carboxylic acids is 1. The van der Waals surface area contributed by atoms with E-state index in [-0.39, 0.29) is 34.8 Å². The van der Waals surface area contributed by atoms with Gasteiger partial charge in [-0.2, -0.15) is 0 Å². The Labute approximate surface area is 197 Å². The first-order valence-corrected chi connectivity index (χ1v) is 11.1. The number of hydrogen-bond acceptors (Lipinski definition) is 6. The zero-order valence-corrected chi connectivity index (χ0v) is 18.9. The van der Waals surface area contributed by atoms with Crippen molar-refractivity contribution < 1.29 is 23.8 Å². The van der Waals surface area contributed by atoms with Crippen LogP contribution in [0.1, 0.15) is 35.9 Å². The van der Waals surface area contributed by atoms with Crippen molar-refractivity contribution in [1.29, 1.82) is 0 Å². The predicted molar refractivity (Wildman–Crippen MR) is 128 cm³/mol. The molecule has 5 rings (SSSR count). The molecule has 174 valence electrons. The molecule has 2 atom stereocenters. The number of halogens is 1. The second-order valence-corrected chi connectivity index (χ2v) is 8.49. The van der Waals surface area contributed by atoms with E-state index in [1.165, 1.54) is 26.4 Å². The molecule has 2 aliphatic rings. The number of carbonyl (C=O) groups is 1. The van der Waals surface area contributed by atoms with E-state index in [0.29, 0.717) is 18.4 Å². The van der Waals surface area contributed by atoms with Gasteiger partial charge in [-0.3, -0.25) is 4.79 Å². The standard InChI is InChI=1S/C27H25FN2O4/c1-33-23-13-17(14-24(34-2)27(23)32)26-25-21(29-19-5-3-4-6-20(19)30-26)11-16(12-22(25)31)15-7-9-18(28)10-8-15/h3-10,13-14,16,26,29-30,32H,11-12H2,1-2H3/t16-,26+/m0/s1. The predicted octanol–water partition coefficient (Wildman–Crippen LogP) is 5.53. The Morgan fingerprint density at radius 3 is 2.21 bits per heavy atom. The number of ketones is 1. The molecule has 7 heteroatoms. The van der Waals surface area contributed by atoms with Gasteiger partial charge >= 0.3 is 0 Å². The molecule has 34 heavy (non-hydrogen) atoms. The molecule has 1 heterocycles. The molecule has 6 nitrogen and oxygen atoms in total. The van der Waals surface area contributed by atoms with Crippen molar-refractivity contribution in [2.45, 2.75) is 24.8 Å². The largest absolute Gasteiger partial charge is 0.502 e. The van der Waals surface area contributed by atoms with Gasteiger partial charge in [-0.15, -0.1) is 0 Å². The van der Waals surface area contributed by atoms with Crippen LogP contribution in [-0.4, -0.2) is 25.1 Å². The van der Waals surface area contributed by atoms with Crippen LogP contribution in [0.5, 0.6) is 17.2 Å². The van der Waals surface area contributed by atoms with Gasteiger partial charge in [0.15, 0.2) is 17.3 Å². The van der Waals surface area contributed by atoms with Gasteiger partial charge in [0.05, 0.1) is 31.6 Å². The maximum Gasteiger partial charge on any atom is 0.200 e. The Morgan fingerprint density at radius 2 is 1.56 bits per heavy atom. The van der Waals surface area contributed by atoms with Crippen LogP contribution in [0.2, 0.25) is 0 Å². The lowest BCUT2D eigenvalue weighted by Gasteiger charge is -2.30. The summed E-state index contributed by atoms with van der Waals surface area (Å²) in [5.41, 5.74) is 4.81. The number of ether oxygens (including phenoxy) is 2. The van der Waals surface area contributed by atoms with Crippen molar-refractivity contribution >= 4 is 17.2 Å². The van der Waals surface area contributed by atoms with E-state index in [4.69, 9.17) is 9.47 Å². The smallest absolute Gasteiger partial charge is 0.200 e. The topological polar surface area (TPSA) is 79.8 Å². The van der Waals surface area contributed by atoms with Gasteiger partial charge < -0.3 is 25.2 Å². The van der Waals surface area contributed by atoms with Crippen molar-refractivity contribution in [3.8, 4) is 17.2 Å². The van der Waals surface area contributed by atoms with Gasteiger partial charge in [-0.05, 0) is 59.9 Å². The highest BCUT2D eigenvalue weighted by molar-refractivity contribution is 6.01. The highest BCUT2D eigenvalue weighted by atomic mass is 19.1. The van der Waals surface area contributed by atoms with Crippen LogP contribution >= 0.6 is 0 Å². The number of rotatable bonds is 4. The normalized spacial score (nSPS) is 19.3. The summed E-state index contributed by atoms with van der Waals surface area (Å²) in [6, 6.07) is 17.1. The average Bonchev–Trinajstić information content (AvgIpc) is 3.01. The van der Waals surface area contributed by atoms with Crippen LogP contribution in [0.4, 0.5) is 15.8 Å². The Morgan fingerprint density at radius 1 is 0.912 bits per heavy atom. The summed E-state index contributed by atoms with van der Waals surface area (Å²) in [7, 11) is 2.94. The van der Waals surface area contributed by atoms with Gasteiger partial charge in [0.1, 0.15) is 5.82 Å². The molecule has 0 saturated carbocycles. The minimum Gasteiger partial charge on any atom is -0.502 e. The minimum absolute atomic E-state index is 0.000565. The second-order valence-electron chi connectivity index (χ2n) is 8.49. The number of allylic oxidation sites excluding steroid dienone is 1. The van der Waals surface area contributed by atoms with E-state index >= 15 is 0 Å². The number of phenols is 1. The molecule has 0 bridgehead atoms. The fourth-order valence-electron chi connectivity index (χ4n) is 4.79. The Hall–Kier alpha value is -4.00. The van der Waals surface area contributed by atoms with E-state index < -0.39 is 6.04 Å². The average molecular weight is 461 g/mol. The number of Topliss-reactive ketones (excluding diaryl/α,β-unsaturated/α-hetero) is 1. The molecule has 3 aromatic rings. The Balaban J connectivity index is 1.64. The maximum absolute atomic E-state index is 13.6. The molecular weight excluding hydrogens is 435 g/mol. The highest BCUT2D eigenvalue weighted by Gasteiger charge is 2.36. The number of aromatic hydroxyl groups is 1. The zero-order chi connectivity index (χ0) is 23.8. The fourth-order valence-corrected chi connectivity index (χ4v) is 4.79. The zero-order valence-electron chi connectivity index (χ0n) is 18.9. The van der Waals surface area contributed by atoms with E-state index in [1.54, 1.807) is 24.3 Å². The lowest BCUT2D eigenvalue weighted by atomic mass is 9.78. The lowest BCUT2D eigenvalue weighted by Crippen LogP contribution is -2.27. The summed E-state index contributed by atoms with van der Waals surface area (Å²) in [6.45, 7) is 0. The number of fused-ring (bicyclic) bond motifs is 1. The SMILES string of the molecule is COc1cc([C@H]2Nc3ccccc3NC3=C2C(=O)C[C@@H](c2ccc(F)cc2)C3)cc(OC)c1O. The number of anilines is 2. The van der Waals surface area contributed by atoms with Crippen LogP contribution < -0.4 is 20.1 Å². The molecule has 0 saturated heterocycles. The highest BCUT2D eigenvalue weighted by Crippen LogP contribution is 2.47. The van der Waals surface area contributed by atoms with E-state index in [0.717, 1.165) is 28.2 Å². The summed E-state index contributed by atoms with van der Waals surface area (Å²) < 4.78 is 24.2. The molecule has 0 unspecified atom stereocenters. The minimum atomic E-state index is -0.490. The van der Waals surface area contributed by atoms with Gasteiger partial charge in [0.2, 0.25) is 5.75 Å². The molecule has 0 fully saturated rings. The monoisotopic (exact) mass is 460 g/mol. The van der Waals surface area contributed by atoms with Crippen LogP contribution in [-0.2, 0) is 4.79 Å². The summed E-state index contributed by atoms with van der Waals surface area (Å²) in [4.78, 5) is 13.6. The third-order valence-corrected chi connectivity index (χ3v) is 6.49. The van der Waals surface area contributed by atoms with Crippen molar-refractivity contribution in [3.05, 3.63) is 88.9 Å². The summed E-state index contributed by atoms with van der Waals surface area (Å²) in [6.07, 6.45) is 0.915. The van der Waals surface area contributed by atoms with Crippen LogP contribution in [0.25, 0.3) is 0 Å². The molecule has 3 aromatic carbocycles. The first-order valence-electron chi connectivity index (χ1n) is 11.1. The molecule has 1 aliphatic carbocycles. The number of phenolic OH excluding ortho intramolecular Hbond substituents is 1. The molecule has 1 aliphatic heterocycles. The van der Waals surface area contributed by atoms with E-state index in [9.17, 15) is 14.3 Å². The fraction of sp³-hybridized carbons (Fsp3) is 0.222. The molecular formula is C27H25FN2O4. The third kappa shape index (κ3) is 3.83. The molecule has 0 aromatic heterocycles. The third-order valence-electron chi connectivity index (χ3n) is 6.49. The van der Waals surface area contributed by atoms with Crippen LogP contribution in [0.15, 0.2) is 71.9 Å². The van der Waals surface area contributed by atoms with Crippen molar-refractivity contribution in [3.63, 3.8) is 0 Å². The van der Waals surface area contributed by atoms with Crippen LogP contribution in [0.3, 0.4) is 0 Å². The number of nitrogens with one attached hydrogen (secondary N) is 2. The number of benzene rings is 3. The van der Waals surface area contributed by atoms with E-state index in [1.807, 2.05) is 24.3 Å².